The molecule has 0 aromatic heterocycles. The van der Waals surface area contributed by atoms with Crippen molar-refractivity contribution in [1.82, 2.24) is 5.32 Å². The van der Waals surface area contributed by atoms with Crippen LogP contribution in [0.2, 0.25) is 0 Å². The molecule has 0 aliphatic carbocycles. The van der Waals surface area contributed by atoms with Crippen LogP contribution < -0.4 is 5.32 Å². The molecule has 0 rings (SSSR count). The lowest BCUT2D eigenvalue weighted by Crippen LogP contribution is -2.41. The molecule has 1 N–H and O–H groups in total. The zero-order valence-electron chi connectivity index (χ0n) is 10.7. The van der Waals surface area contributed by atoms with Gasteiger partial charge >= 0.3 is 0 Å². The smallest absolute Gasteiger partial charge is 0.237 e. The molecule has 0 aromatic rings. The zero-order chi connectivity index (χ0) is 12.6. The highest BCUT2D eigenvalue weighted by atomic mass is 32.2. The fraction of sp³-hybridized carbons (Fsp3) is 0.833. The molecular formula is C12H22N2OS. The highest BCUT2D eigenvalue weighted by Crippen LogP contribution is 2.29. The number of rotatable bonds is 7. The maximum Gasteiger partial charge on any atom is 0.237 e. The molecule has 0 radical (unpaired) electrons. The summed E-state index contributed by atoms with van der Waals surface area (Å²) in [4.78, 5) is 11.7. The van der Waals surface area contributed by atoms with Gasteiger partial charge in [0.2, 0.25) is 5.91 Å². The second-order valence-electron chi connectivity index (χ2n) is 3.90. The van der Waals surface area contributed by atoms with Crippen molar-refractivity contribution in [3.05, 3.63) is 0 Å². The van der Waals surface area contributed by atoms with Gasteiger partial charge in [-0.3, -0.25) is 4.79 Å². The molecular weight excluding hydrogens is 220 g/mol. The van der Waals surface area contributed by atoms with Crippen molar-refractivity contribution in [2.24, 2.45) is 5.92 Å². The Bertz CT molecular complexity index is 248. The molecule has 1 atom stereocenters. The van der Waals surface area contributed by atoms with Gasteiger partial charge in [-0.1, -0.05) is 20.8 Å². The number of amides is 1. The zero-order valence-corrected chi connectivity index (χ0v) is 11.5. The quantitative estimate of drug-likeness (QED) is 0.746. The van der Waals surface area contributed by atoms with Gasteiger partial charge < -0.3 is 5.32 Å². The molecule has 3 nitrogen and oxygen atoms in total. The summed E-state index contributed by atoms with van der Waals surface area (Å²) in [5.41, 5.74) is 0. The predicted molar refractivity (Wildman–Crippen MR) is 69.2 cm³/mol. The molecule has 92 valence electrons. The average Bonchev–Trinajstić information content (AvgIpc) is 2.33. The van der Waals surface area contributed by atoms with Crippen molar-refractivity contribution in [2.45, 2.75) is 44.8 Å². The van der Waals surface area contributed by atoms with Crippen molar-refractivity contribution < 1.29 is 4.79 Å². The Hall–Kier alpha value is -0.690. The van der Waals surface area contributed by atoms with E-state index < -0.39 is 5.92 Å². The fourth-order valence-electron chi connectivity index (χ4n) is 1.57. The van der Waals surface area contributed by atoms with Crippen LogP contribution in [0.15, 0.2) is 0 Å². The normalized spacial score (nSPS) is 12.9. The highest BCUT2D eigenvalue weighted by Gasteiger charge is 2.26. The Morgan fingerprint density at radius 1 is 1.44 bits per heavy atom. The van der Waals surface area contributed by atoms with E-state index in [1.54, 1.807) is 11.8 Å². The van der Waals surface area contributed by atoms with Gasteiger partial charge in [0.05, 0.1) is 6.07 Å². The predicted octanol–water partition coefficient (Wildman–Crippen LogP) is 2.57. The van der Waals surface area contributed by atoms with Crippen molar-refractivity contribution in [3.8, 4) is 6.07 Å². The lowest BCUT2D eigenvalue weighted by molar-refractivity contribution is -0.123. The van der Waals surface area contributed by atoms with E-state index in [0.717, 1.165) is 12.8 Å². The van der Waals surface area contributed by atoms with Gasteiger partial charge in [-0.15, -0.1) is 0 Å². The highest BCUT2D eigenvalue weighted by molar-refractivity contribution is 8.00. The van der Waals surface area contributed by atoms with Crippen LogP contribution in [0.3, 0.4) is 0 Å². The Labute approximate surface area is 103 Å². The Balaban J connectivity index is 4.32. The minimum atomic E-state index is -0.506. The molecule has 0 aromatic carbocycles. The van der Waals surface area contributed by atoms with Gasteiger partial charge in [0.25, 0.3) is 0 Å². The summed E-state index contributed by atoms with van der Waals surface area (Å²) in [6, 6.07) is 2.02. The summed E-state index contributed by atoms with van der Waals surface area (Å²) in [7, 11) is 0. The van der Waals surface area contributed by atoms with Crippen LogP contribution in [-0.4, -0.2) is 23.5 Å². The van der Waals surface area contributed by atoms with Crippen molar-refractivity contribution in [3.63, 3.8) is 0 Å². The maximum atomic E-state index is 11.7. The largest absolute Gasteiger partial charge is 0.354 e. The number of nitrogens with zero attached hydrogens (tertiary/aromatic N) is 1. The second kappa shape index (κ2) is 7.56. The van der Waals surface area contributed by atoms with Gasteiger partial charge in [0.1, 0.15) is 5.92 Å². The first kappa shape index (κ1) is 15.3. The minimum Gasteiger partial charge on any atom is -0.354 e. The SMILES string of the molecule is CCC(C#N)C(=O)NCC(CC)(CC)SC. The molecule has 0 saturated heterocycles. The van der Waals surface area contributed by atoms with Gasteiger partial charge in [0, 0.05) is 11.3 Å². The number of hydrogen-bond donors (Lipinski definition) is 1. The molecule has 0 aliphatic rings. The molecule has 0 heterocycles. The maximum absolute atomic E-state index is 11.7. The van der Waals surface area contributed by atoms with E-state index in [-0.39, 0.29) is 10.7 Å². The monoisotopic (exact) mass is 242 g/mol. The lowest BCUT2D eigenvalue weighted by Gasteiger charge is -2.30. The summed E-state index contributed by atoms with van der Waals surface area (Å²) < 4.78 is 0.114. The first-order valence-electron chi connectivity index (χ1n) is 5.81. The number of carbonyl (C=O) groups is 1. The van der Waals surface area contributed by atoms with Gasteiger partial charge in [-0.2, -0.15) is 17.0 Å². The van der Waals surface area contributed by atoms with E-state index >= 15 is 0 Å². The van der Waals surface area contributed by atoms with Crippen LogP contribution in [-0.2, 0) is 4.79 Å². The molecule has 4 heteroatoms. The topological polar surface area (TPSA) is 52.9 Å². The number of nitrogens with one attached hydrogen (secondary N) is 1. The molecule has 0 fully saturated rings. The van der Waals surface area contributed by atoms with Crippen LogP contribution in [0.25, 0.3) is 0 Å². The van der Waals surface area contributed by atoms with Crippen molar-refractivity contribution >= 4 is 17.7 Å². The van der Waals surface area contributed by atoms with E-state index in [1.807, 2.05) is 13.0 Å². The Morgan fingerprint density at radius 3 is 2.31 bits per heavy atom. The summed E-state index contributed by atoms with van der Waals surface area (Å²) in [6.45, 7) is 6.77. The third kappa shape index (κ3) is 4.05. The van der Waals surface area contributed by atoms with Gasteiger partial charge in [0.15, 0.2) is 0 Å². The van der Waals surface area contributed by atoms with Crippen LogP contribution >= 0.6 is 11.8 Å². The minimum absolute atomic E-state index is 0.114. The number of thioether (sulfide) groups is 1. The van der Waals surface area contributed by atoms with Crippen LogP contribution in [0.4, 0.5) is 0 Å². The summed E-state index contributed by atoms with van der Waals surface area (Å²) in [5, 5.41) is 11.7. The molecule has 1 amide bonds. The first-order chi connectivity index (χ1) is 7.59. The van der Waals surface area contributed by atoms with Crippen LogP contribution in [0, 0.1) is 17.2 Å². The molecule has 0 spiro atoms. The number of carbonyl (C=O) groups excluding carboxylic acids is 1. The van der Waals surface area contributed by atoms with Crippen LogP contribution in [0.1, 0.15) is 40.0 Å². The summed E-state index contributed by atoms with van der Waals surface area (Å²) in [5.74, 6) is -0.640. The molecule has 0 aliphatic heterocycles. The second-order valence-corrected chi connectivity index (χ2v) is 5.18. The fourth-order valence-corrected chi connectivity index (χ4v) is 2.36. The van der Waals surface area contributed by atoms with E-state index in [0.29, 0.717) is 13.0 Å². The lowest BCUT2D eigenvalue weighted by atomic mass is 10.0. The summed E-state index contributed by atoms with van der Waals surface area (Å²) in [6.07, 6.45) is 4.69. The Kier molecular flexibility index (Phi) is 7.24. The average molecular weight is 242 g/mol. The molecule has 1 unspecified atom stereocenters. The van der Waals surface area contributed by atoms with E-state index in [1.165, 1.54) is 0 Å². The van der Waals surface area contributed by atoms with E-state index in [9.17, 15) is 4.79 Å². The van der Waals surface area contributed by atoms with Crippen molar-refractivity contribution in [1.29, 1.82) is 5.26 Å². The molecule has 16 heavy (non-hydrogen) atoms. The molecule has 0 saturated carbocycles. The van der Waals surface area contributed by atoms with Crippen LogP contribution in [0.5, 0.6) is 0 Å². The van der Waals surface area contributed by atoms with Gasteiger partial charge in [-0.25, -0.2) is 0 Å². The molecule has 0 bridgehead atoms. The van der Waals surface area contributed by atoms with E-state index in [2.05, 4.69) is 25.4 Å². The Morgan fingerprint density at radius 2 is 2.00 bits per heavy atom. The first-order valence-corrected chi connectivity index (χ1v) is 7.04. The third-order valence-electron chi connectivity index (χ3n) is 3.19. The number of nitriles is 1. The number of hydrogen-bond acceptors (Lipinski definition) is 3. The van der Waals surface area contributed by atoms with Crippen molar-refractivity contribution in [2.75, 3.05) is 12.8 Å². The summed E-state index contributed by atoms with van der Waals surface area (Å²) >= 11 is 1.79. The van der Waals surface area contributed by atoms with Gasteiger partial charge in [-0.05, 0) is 25.5 Å². The standard InChI is InChI=1S/C12H22N2OS/c1-5-10(8-13)11(15)14-9-12(6-2,7-3)16-4/h10H,5-7,9H2,1-4H3,(H,14,15). The third-order valence-corrected chi connectivity index (χ3v) is 4.77. The van der Waals surface area contributed by atoms with E-state index in [4.69, 9.17) is 5.26 Å².